The van der Waals surface area contributed by atoms with Crippen molar-refractivity contribution in [3.8, 4) is 0 Å². The molecule has 0 aromatic carbocycles. The lowest BCUT2D eigenvalue weighted by Crippen LogP contribution is -2.30. The average Bonchev–Trinajstić information content (AvgIpc) is 2.48. The lowest BCUT2D eigenvalue weighted by atomic mass is 9.79. The van der Waals surface area contributed by atoms with Crippen LogP contribution in [-0.2, 0) is 11.5 Å². The third-order valence-electron chi connectivity index (χ3n) is 2.65. The van der Waals surface area contributed by atoms with E-state index >= 15 is 0 Å². The molecule has 13 heavy (non-hydrogen) atoms. The maximum absolute atomic E-state index is 5.49. The number of aromatic nitrogens is 2. The van der Waals surface area contributed by atoms with Crippen LogP contribution in [0.4, 0.5) is 0 Å². The first kappa shape index (κ1) is 8.75. The highest BCUT2D eigenvalue weighted by molar-refractivity contribution is 5.12. The minimum atomic E-state index is 0.248. The second kappa shape index (κ2) is 2.84. The Bertz CT molecular complexity index is 298. The van der Waals surface area contributed by atoms with E-state index in [4.69, 9.17) is 4.74 Å². The van der Waals surface area contributed by atoms with E-state index in [1.54, 1.807) is 0 Å². The molecule has 0 saturated carbocycles. The molecule has 0 bridgehead atoms. The zero-order valence-corrected chi connectivity index (χ0v) is 8.45. The first-order chi connectivity index (χ1) is 6.09. The van der Waals surface area contributed by atoms with Gasteiger partial charge in [0.1, 0.15) is 6.73 Å². The fraction of sp³-hybridized carbons (Fsp3) is 0.700. The number of fused-ring (bicyclic) bond motifs is 1. The maximum Gasteiger partial charge on any atom is 0.139 e. The molecule has 1 aromatic heterocycles. The molecule has 0 N–H and O–H groups in total. The zero-order valence-electron chi connectivity index (χ0n) is 8.45. The Kier molecular flexibility index (Phi) is 1.91. The Morgan fingerprint density at radius 1 is 1.54 bits per heavy atom. The van der Waals surface area contributed by atoms with E-state index in [0.29, 0.717) is 12.6 Å². The molecule has 0 spiro atoms. The normalized spacial score (nSPS) is 22.8. The standard InChI is InChI=1S/C10H16N2O/c1-10(2,3)8-6-13-7-12-9(8)4-5-11-12/h4-5,8H,6-7H2,1-3H3. The molecule has 72 valence electrons. The largest absolute Gasteiger partial charge is 0.359 e. The molecule has 1 aliphatic rings. The number of ether oxygens (including phenoxy) is 1. The molecule has 0 aliphatic carbocycles. The first-order valence-electron chi connectivity index (χ1n) is 4.68. The predicted octanol–water partition coefficient (Wildman–Crippen LogP) is 2.00. The van der Waals surface area contributed by atoms with Crippen molar-refractivity contribution in [3.05, 3.63) is 18.0 Å². The second-order valence-corrected chi connectivity index (χ2v) is 4.67. The summed E-state index contributed by atoms with van der Waals surface area (Å²) >= 11 is 0. The van der Waals surface area contributed by atoms with Crippen LogP contribution in [0, 0.1) is 5.41 Å². The first-order valence-corrected chi connectivity index (χ1v) is 4.68. The smallest absolute Gasteiger partial charge is 0.139 e. The molecular weight excluding hydrogens is 164 g/mol. The van der Waals surface area contributed by atoms with Crippen molar-refractivity contribution in [2.75, 3.05) is 6.61 Å². The van der Waals surface area contributed by atoms with E-state index in [1.807, 2.05) is 10.9 Å². The van der Waals surface area contributed by atoms with Gasteiger partial charge in [-0.3, -0.25) is 0 Å². The topological polar surface area (TPSA) is 27.1 Å². The van der Waals surface area contributed by atoms with Gasteiger partial charge < -0.3 is 4.74 Å². The van der Waals surface area contributed by atoms with Crippen molar-refractivity contribution in [1.29, 1.82) is 0 Å². The molecule has 1 aliphatic heterocycles. The van der Waals surface area contributed by atoms with Crippen molar-refractivity contribution in [2.45, 2.75) is 33.4 Å². The van der Waals surface area contributed by atoms with Crippen LogP contribution in [0.15, 0.2) is 12.3 Å². The lowest BCUT2D eigenvalue weighted by molar-refractivity contribution is 0.00598. The van der Waals surface area contributed by atoms with E-state index in [1.165, 1.54) is 5.69 Å². The zero-order chi connectivity index (χ0) is 9.47. The van der Waals surface area contributed by atoms with Gasteiger partial charge in [0.15, 0.2) is 0 Å². The predicted molar refractivity (Wildman–Crippen MR) is 50.4 cm³/mol. The van der Waals surface area contributed by atoms with Crippen molar-refractivity contribution in [2.24, 2.45) is 5.41 Å². The number of rotatable bonds is 0. The van der Waals surface area contributed by atoms with Crippen molar-refractivity contribution >= 4 is 0 Å². The summed E-state index contributed by atoms with van der Waals surface area (Å²) in [5, 5.41) is 4.21. The molecule has 0 saturated heterocycles. The van der Waals surface area contributed by atoms with Gasteiger partial charge in [-0.05, 0) is 11.5 Å². The summed E-state index contributed by atoms with van der Waals surface area (Å²) in [4.78, 5) is 0. The molecule has 1 atom stereocenters. The molecule has 3 nitrogen and oxygen atoms in total. The molecule has 1 aromatic rings. The quantitative estimate of drug-likeness (QED) is 0.610. The lowest BCUT2D eigenvalue weighted by Gasteiger charge is -2.34. The fourth-order valence-electron chi connectivity index (χ4n) is 1.78. The van der Waals surface area contributed by atoms with Crippen LogP contribution < -0.4 is 0 Å². The van der Waals surface area contributed by atoms with Crippen LogP contribution in [-0.4, -0.2) is 16.4 Å². The summed E-state index contributed by atoms with van der Waals surface area (Å²) in [5.41, 5.74) is 1.55. The van der Waals surface area contributed by atoms with Crippen LogP contribution in [0.5, 0.6) is 0 Å². The monoisotopic (exact) mass is 180 g/mol. The van der Waals surface area contributed by atoms with Gasteiger partial charge in [0.05, 0.1) is 6.61 Å². The summed E-state index contributed by atoms with van der Waals surface area (Å²) in [6, 6.07) is 2.10. The van der Waals surface area contributed by atoms with Crippen molar-refractivity contribution < 1.29 is 4.74 Å². The van der Waals surface area contributed by atoms with Gasteiger partial charge in [0.2, 0.25) is 0 Å². The Morgan fingerprint density at radius 3 is 3.00 bits per heavy atom. The minimum absolute atomic E-state index is 0.248. The van der Waals surface area contributed by atoms with E-state index in [9.17, 15) is 0 Å². The van der Waals surface area contributed by atoms with E-state index in [0.717, 1.165) is 6.61 Å². The van der Waals surface area contributed by atoms with Crippen LogP contribution in [0.1, 0.15) is 32.4 Å². The summed E-state index contributed by atoms with van der Waals surface area (Å²) in [6.45, 7) is 8.14. The highest BCUT2D eigenvalue weighted by Gasteiger charge is 2.31. The Hall–Kier alpha value is -0.830. The van der Waals surface area contributed by atoms with Gasteiger partial charge in [0.25, 0.3) is 0 Å². The molecule has 1 unspecified atom stereocenters. The molecule has 0 amide bonds. The second-order valence-electron chi connectivity index (χ2n) is 4.67. The van der Waals surface area contributed by atoms with Gasteiger partial charge in [-0.1, -0.05) is 20.8 Å². The molecular formula is C10H16N2O. The van der Waals surface area contributed by atoms with Crippen molar-refractivity contribution in [1.82, 2.24) is 9.78 Å². The Labute approximate surface area is 78.7 Å². The van der Waals surface area contributed by atoms with Gasteiger partial charge >= 0.3 is 0 Å². The SMILES string of the molecule is CC(C)(C)C1COCn2nccc21. The molecule has 0 fully saturated rings. The van der Waals surface area contributed by atoms with Gasteiger partial charge in [-0.25, -0.2) is 4.68 Å². The fourth-order valence-corrected chi connectivity index (χ4v) is 1.78. The van der Waals surface area contributed by atoms with E-state index in [-0.39, 0.29) is 5.41 Å². The minimum Gasteiger partial charge on any atom is -0.359 e. The highest BCUT2D eigenvalue weighted by Crippen LogP contribution is 2.36. The summed E-state index contributed by atoms with van der Waals surface area (Å²) in [6.07, 6.45) is 1.85. The van der Waals surface area contributed by atoms with Crippen LogP contribution in [0.2, 0.25) is 0 Å². The molecule has 2 rings (SSSR count). The van der Waals surface area contributed by atoms with Gasteiger partial charge in [-0.2, -0.15) is 5.10 Å². The Balaban J connectivity index is 2.35. The number of hydrogen-bond donors (Lipinski definition) is 0. The highest BCUT2D eigenvalue weighted by atomic mass is 16.5. The number of nitrogens with zero attached hydrogens (tertiary/aromatic N) is 2. The summed E-state index contributed by atoms with van der Waals surface area (Å²) in [5.74, 6) is 0.462. The maximum atomic E-state index is 5.49. The van der Waals surface area contributed by atoms with Crippen LogP contribution in [0.3, 0.4) is 0 Å². The van der Waals surface area contributed by atoms with Gasteiger partial charge in [-0.15, -0.1) is 0 Å². The van der Waals surface area contributed by atoms with E-state index in [2.05, 4.69) is 31.9 Å². The summed E-state index contributed by atoms with van der Waals surface area (Å²) in [7, 11) is 0. The molecule has 3 heteroatoms. The molecule has 2 heterocycles. The van der Waals surface area contributed by atoms with Gasteiger partial charge in [0, 0.05) is 17.8 Å². The third-order valence-corrected chi connectivity index (χ3v) is 2.65. The molecule has 0 radical (unpaired) electrons. The summed E-state index contributed by atoms with van der Waals surface area (Å²) < 4.78 is 7.44. The average molecular weight is 180 g/mol. The Morgan fingerprint density at radius 2 is 2.31 bits per heavy atom. The van der Waals surface area contributed by atoms with Crippen LogP contribution in [0.25, 0.3) is 0 Å². The van der Waals surface area contributed by atoms with E-state index < -0.39 is 0 Å². The number of hydrogen-bond acceptors (Lipinski definition) is 2. The van der Waals surface area contributed by atoms with Crippen molar-refractivity contribution in [3.63, 3.8) is 0 Å². The van der Waals surface area contributed by atoms with Crippen LogP contribution >= 0.6 is 0 Å². The third kappa shape index (κ3) is 1.48.